The summed E-state index contributed by atoms with van der Waals surface area (Å²) >= 11 is 1.42. The number of ether oxygens (including phenoxy) is 1. The highest BCUT2D eigenvalue weighted by Crippen LogP contribution is 2.30. The van der Waals surface area contributed by atoms with Crippen LogP contribution in [0.4, 0.5) is 5.69 Å². The molecule has 4 heterocycles. The summed E-state index contributed by atoms with van der Waals surface area (Å²) in [6, 6.07) is 7.43. The number of carbonyl (C=O) groups is 2. The normalized spacial score (nSPS) is 14.2. The van der Waals surface area contributed by atoms with Gasteiger partial charge in [0.1, 0.15) is 11.2 Å². The Balaban J connectivity index is 1.75. The van der Waals surface area contributed by atoms with Crippen LogP contribution >= 0.6 is 11.3 Å². The molecule has 1 amide bonds. The first-order valence-electron chi connectivity index (χ1n) is 10.2. The van der Waals surface area contributed by atoms with Crippen molar-refractivity contribution in [2.24, 2.45) is 7.05 Å². The second-order valence-electron chi connectivity index (χ2n) is 7.39. The van der Waals surface area contributed by atoms with Gasteiger partial charge in [0.2, 0.25) is 0 Å². The molecule has 31 heavy (non-hydrogen) atoms. The van der Waals surface area contributed by atoms with Crippen molar-refractivity contribution in [3.05, 3.63) is 56.1 Å². The van der Waals surface area contributed by atoms with Crippen LogP contribution in [0.5, 0.6) is 0 Å². The van der Waals surface area contributed by atoms with Gasteiger partial charge in [-0.1, -0.05) is 6.07 Å². The molecule has 1 saturated heterocycles. The number of fused-ring (bicyclic) bond motifs is 1. The Kier molecular flexibility index (Phi) is 5.77. The molecule has 0 aromatic carbocycles. The molecular formula is C22H24N4O4S. The number of rotatable bonds is 4. The number of aromatic nitrogens is 2. The lowest BCUT2D eigenvalue weighted by Gasteiger charge is -2.37. The van der Waals surface area contributed by atoms with Gasteiger partial charge >= 0.3 is 5.97 Å². The number of thiophene rings is 1. The average Bonchev–Trinajstić information content (AvgIpc) is 3.31. The van der Waals surface area contributed by atoms with Crippen LogP contribution in [0.25, 0.3) is 11.0 Å². The molecule has 9 heteroatoms. The minimum atomic E-state index is -0.641. The first kappa shape index (κ1) is 21.0. The fourth-order valence-electron chi connectivity index (χ4n) is 3.89. The van der Waals surface area contributed by atoms with E-state index < -0.39 is 11.5 Å². The third-order valence-corrected chi connectivity index (χ3v) is 6.29. The molecule has 1 aliphatic rings. The highest BCUT2D eigenvalue weighted by atomic mass is 32.1. The Labute approximate surface area is 183 Å². The number of amides is 1. The summed E-state index contributed by atoms with van der Waals surface area (Å²) in [5.41, 5.74) is 1.41. The third-order valence-electron chi connectivity index (χ3n) is 5.44. The molecule has 0 N–H and O–H groups in total. The summed E-state index contributed by atoms with van der Waals surface area (Å²) in [6.07, 6.45) is 0. The van der Waals surface area contributed by atoms with Crippen LogP contribution in [0.2, 0.25) is 0 Å². The minimum Gasteiger partial charge on any atom is -0.462 e. The molecule has 3 aromatic rings. The third kappa shape index (κ3) is 3.81. The molecule has 0 radical (unpaired) electrons. The van der Waals surface area contributed by atoms with Crippen LogP contribution in [-0.4, -0.2) is 59.1 Å². The Bertz CT molecular complexity index is 1190. The van der Waals surface area contributed by atoms with Gasteiger partial charge in [-0.05, 0) is 37.4 Å². The lowest BCUT2D eigenvalue weighted by Crippen LogP contribution is -2.49. The van der Waals surface area contributed by atoms with Crippen molar-refractivity contribution in [2.75, 3.05) is 37.7 Å². The van der Waals surface area contributed by atoms with Crippen molar-refractivity contribution in [1.82, 2.24) is 14.5 Å². The molecular weight excluding hydrogens is 416 g/mol. The van der Waals surface area contributed by atoms with Crippen molar-refractivity contribution in [1.29, 1.82) is 0 Å². The number of hydrogen-bond donors (Lipinski definition) is 0. The van der Waals surface area contributed by atoms with E-state index in [1.165, 1.54) is 15.9 Å². The fraction of sp³-hybridized carbons (Fsp3) is 0.364. The van der Waals surface area contributed by atoms with Gasteiger partial charge < -0.3 is 14.5 Å². The van der Waals surface area contributed by atoms with E-state index in [1.54, 1.807) is 18.9 Å². The largest absolute Gasteiger partial charge is 0.462 e. The Morgan fingerprint density at radius 1 is 1.16 bits per heavy atom. The minimum absolute atomic E-state index is 0.00592. The molecule has 1 fully saturated rings. The number of aryl methyl sites for hydroxylation is 2. The van der Waals surface area contributed by atoms with Crippen molar-refractivity contribution in [2.45, 2.75) is 13.8 Å². The van der Waals surface area contributed by atoms with Crippen LogP contribution in [-0.2, 0) is 11.8 Å². The maximum atomic E-state index is 13.1. The van der Waals surface area contributed by atoms with Crippen molar-refractivity contribution in [3.8, 4) is 0 Å². The van der Waals surface area contributed by atoms with Crippen LogP contribution in [0.1, 0.15) is 32.6 Å². The Morgan fingerprint density at radius 2 is 1.90 bits per heavy atom. The lowest BCUT2D eigenvalue weighted by molar-refractivity contribution is 0.0523. The molecule has 0 spiro atoms. The maximum Gasteiger partial charge on any atom is 0.345 e. The molecule has 3 aromatic heterocycles. The van der Waals surface area contributed by atoms with Gasteiger partial charge in [-0.3, -0.25) is 14.2 Å². The molecule has 162 valence electrons. The number of anilines is 1. The van der Waals surface area contributed by atoms with Crippen molar-refractivity contribution >= 4 is 39.9 Å². The monoisotopic (exact) mass is 440 g/mol. The van der Waals surface area contributed by atoms with E-state index in [4.69, 9.17) is 4.74 Å². The summed E-state index contributed by atoms with van der Waals surface area (Å²) in [7, 11) is 1.61. The zero-order valence-electron chi connectivity index (χ0n) is 17.8. The van der Waals surface area contributed by atoms with Gasteiger partial charge in [-0.15, -0.1) is 11.3 Å². The molecule has 0 bridgehead atoms. The summed E-state index contributed by atoms with van der Waals surface area (Å²) in [4.78, 5) is 47.6. The first-order chi connectivity index (χ1) is 14.9. The predicted octanol–water partition coefficient (Wildman–Crippen LogP) is 2.44. The summed E-state index contributed by atoms with van der Waals surface area (Å²) < 4.78 is 6.61. The Morgan fingerprint density at radius 3 is 2.55 bits per heavy atom. The number of pyridine rings is 2. The molecule has 8 nitrogen and oxygen atoms in total. The maximum absolute atomic E-state index is 13.1. The van der Waals surface area contributed by atoms with Crippen LogP contribution < -0.4 is 10.5 Å². The predicted molar refractivity (Wildman–Crippen MR) is 120 cm³/mol. The number of carbonyl (C=O) groups excluding carboxylic acids is 2. The van der Waals surface area contributed by atoms with Crippen LogP contribution in [0.15, 0.2) is 34.4 Å². The van der Waals surface area contributed by atoms with E-state index in [0.717, 1.165) is 5.69 Å². The summed E-state index contributed by atoms with van der Waals surface area (Å²) in [5, 5.41) is 2.60. The second-order valence-corrected chi connectivity index (χ2v) is 8.34. The van der Waals surface area contributed by atoms with Crippen molar-refractivity contribution in [3.63, 3.8) is 0 Å². The number of esters is 1. The zero-order valence-corrected chi connectivity index (χ0v) is 18.6. The molecule has 0 unspecified atom stereocenters. The molecule has 0 atom stereocenters. The lowest BCUT2D eigenvalue weighted by atomic mass is 10.1. The zero-order chi connectivity index (χ0) is 22.1. The number of piperazine rings is 1. The Hall–Kier alpha value is -3.20. The summed E-state index contributed by atoms with van der Waals surface area (Å²) in [5.74, 6) is -0.635. The van der Waals surface area contributed by atoms with Crippen LogP contribution in [0, 0.1) is 6.92 Å². The molecule has 4 rings (SSSR count). The van der Waals surface area contributed by atoms with Gasteiger partial charge in [0.25, 0.3) is 11.5 Å². The average molecular weight is 441 g/mol. The SMILES string of the molecule is CCOC(=O)c1c(N2CCN(C(=O)c3cccs3)CC2)c2ccc(C)nc2n(C)c1=O. The first-order valence-corrected chi connectivity index (χ1v) is 11.1. The van der Waals surface area contributed by atoms with Crippen LogP contribution in [0.3, 0.4) is 0 Å². The van der Waals surface area contributed by atoms with E-state index in [9.17, 15) is 14.4 Å². The van der Waals surface area contributed by atoms with Gasteiger partial charge in [0, 0.05) is 44.3 Å². The number of nitrogens with zero attached hydrogens (tertiary/aromatic N) is 4. The van der Waals surface area contributed by atoms with E-state index in [0.29, 0.717) is 47.8 Å². The highest BCUT2D eigenvalue weighted by molar-refractivity contribution is 7.12. The molecule has 0 saturated carbocycles. The van der Waals surface area contributed by atoms with Gasteiger partial charge in [-0.2, -0.15) is 0 Å². The molecule has 0 aliphatic carbocycles. The van der Waals surface area contributed by atoms with E-state index >= 15 is 0 Å². The van der Waals surface area contributed by atoms with Gasteiger partial charge in [-0.25, -0.2) is 9.78 Å². The fourth-order valence-corrected chi connectivity index (χ4v) is 4.58. The topological polar surface area (TPSA) is 84.7 Å². The number of hydrogen-bond acceptors (Lipinski definition) is 7. The standard InChI is InChI=1S/C22H24N4O4S/c1-4-30-22(29)17-18(15-8-7-14(2)23-19(15)24(3)21(17)28)25-9-11-26(12-10-25)20(27)16-6-5-13-31-16/h5-8,13H,4,9-12H2,1-3H3. The molecule has 1 aliphatic heterocycles. The smallest absolute Gasteiger partial charge is 0.345 e. The summed E-state index contributed by atoms with van der Waals surface area (Å²) in [6.45, 7) is 5.73. The van der Waals surface area contributed by atoms with Crippen molar-refractivity contribution < 1.29 is 14.3 Å². The highest BCUT2D eigenvalue weighted by Gasteiger charge is 2.30. The van der Waals surface area contributed by atoms with Gasteiger partial charge in [0.15, 0.2) is 0 Å². The van der Waals surface area contributed by atoms with Gasteiger partial charge in [0.05, 0.1) is 17.2 Å². The van der Waals surface area contributed by atoms with E-state index in [1.807, 2.05) is 41.5 Å². The van der Waals surface area contributed by atoms with E-state index in [-0.39, 0.29) is 18.1 Å². The second kappa shape index (κ2) is 8.50. The quantitative estimate of drug-likeness (QED) is 0.580. The van der Waals surface area contributed by atoms with E-state index in [2.05, 4.69) is 4.98 Å².